The van der Waals surface area contributed by atoms with Crippen molar-refractivity contribution in [2.24, 2.45) is 5.16 Å². The Morgan fingerprint density at radius 1 is 1.22 bits per heavy atom. The SMILES string of the molecule is CN(C)C(=O)C([C]C(=O)c1cc(Oc2ccc(C(F)(F)F)cc2Cl)ccc1[N+](=O)[O-])=NO. The van der Waals surface area contributed by atoms with Crippen molar-refractivity contribution < 1.29 is 37.6 Å². The molecule has 13 heteroatoms. The van der Waals surface area contributed by atoms with Crippen LogP contribution in [0.25, 0.3) is 0 Å². The van der Waals surface area contributed by atoms with Crippen molar-refractivity contribution in [2.75, 3.05) is 14.1 Å². The number of alkyl halides is 3. The number of rotatable bonds is 7. The minimum absolute atomic E-state index is 0.177. The number of carbonyl (C=O) groups is 2. The predicted octanol–water partition coefficient (Wildman–Crippen LogP) is 4.24. The summed E-state index contributed by atoms with van der Waals surface area (Å²) in [7, 11) is 2.62. The van der Waals surface area contributed by atoms with Gasteiger partial charge in [-0.05, 0) is 30.3 Å². The van der Waals surface area contributed by atoms with Crippen molar-refractivity contribution >= 4 is 34.7 Å². The van der Waals surface area contributed by atoms with Crippen molar-refractivity contribution in [3.63, 3.8) is 0 Å². The molecule has 9 nitrogen and oxygen atoms in total. The zero-order valence-corrected chi connectivity index (χ0v) is 17.1. The Labute approximate surface area is 183 Å². The second kappa shape index (κ2) is 9.64. The quantitative estimate of drug-likeness (QED) is 0.212. The lowest BCUT2D eigenvalue weighted by molar-refractivity contribution is -0.385. The fourth-order valence-corrected chi connectivity index (χ4v) is 2.53. The first-order valence-corrected chi connectivity index (χ1v) is 8.81. The lowest BCUT2D eigenvalue weighted by atomic mass is 10.0. The van der Waals surface area contributed by atoms with Gasteiger partial charge in [0.15, 0.2) is 11.5 Å². The molecule has 0 fully saturated rings. The maximum atomic E-state index is 12.8. The van der Waals surface area contributed by atoms with E-state index in [9.17, 15) is 32.9 Å². The van der Waals surface area contributed by atoms with E-state index in [1.54, 1.807) is 0 Å². The first-order chi connectivity index (χ1) is 14.8. The third kappa shape index (κ3) is 5.72. The maximum absolute atomic E-state index is 12.8. The fourth-order valence-electron chi connectivity index (χ4n) is 2.31. The Morgan fingerprint density at radius 2 is 1.88 bits per heavy atom. The summed E-state index contributed by atoms with van der Waals surface area (Å²) in [5.74, 6) is -2.46. The third-order valence-electron chi connectivity index (χ3n) is 3.84. The number of nitrogens with zero attached hydrogens (tertiary/aromatic N) is 3. The van der Waals surface area contributed by atoms with Gasteiger partial charge in [-0.1, -0.05) is 16.8 Å². The molecule has 0 spiro atoms. The van der Waals surface area contributed by atoms with Crippen LogP contribution in [0.2, 0.25) is 5.02 Å². The van der Waals surface area contributed by atoms with E-state index in [-0.39, 0.29) is 11.5 Å². The van der Waals surface area contributed by atoms with Crippen molar-refractivity contribution in [1.82, 2.24) is 4.90 Å². The van der Waals surface area contributed by atoms with Gasteiger partial charge in [-0.15, -0.1) is 0 Å². The predicted molar refractivity (Wildman–Crippen MR) is 105 cm³/mol. The van der Waals surface area contributed by atoms with Crippen molar-refractivity contribution in [3.05, 3.63) is 69.1 Å². The molecular formula is C19H13ClF3N3O6. The molecule has 0 atom stereocenters. The van der Waals surface area contributed by atoms with Crippen molar-refractivity contribution in [2.45, 2.75) is 6.18 Å². The van der Waals surface area contributed by atoms with E-state index < -0.39 is 50.3 Å². The lowest BCUT2D eigenvalue weighted by Crippen LogP contribution is -2.32. The first kappa shape index (κ1) is 24.6. The summed E-state index contributed by atoms with van der Waals surface area (Å²) in [4.78, 5) is 35.8. The highest BCUT2D eigenvalue weighted by Crippen LogP contribution is 2.37. The second-order valence-electron chi connectivity index (χ2n) is 6.28. The van der Waals surface area contributed by atoms with Crippen LogP contribution in [-0.4, -0.2) is 46.5 Å². The van der Waals surface area contributed by atoms with Gasteiger partial charge < -0.3 is 14.8 Å². The molecule has 0 aromatic heterocycles. The van der Waals surface area contributed by atoms with Crippen LogP contribution in [0.5, 0.6) is 11.5 Å². The molecule has 2 aromatic rings. The molecule has 0 aliphatic carbocycles. The smallest absolute Gasteiger partial charge is 0.416 e. The molecule has 1 N–H and O–H groups in total. The first-order valence-electron chi connectivity index (χ1n) is 8.43. The number of ketones is 1. The molecule has 2 radical (unpaired) electrons. The largest absolute Gasteiger partial charge is 0.456 e. The summed E-state index contributed by atoms with van der Waals surface area (Å²) in [6, 6.07) is 5.21. The van der Waals surface area contributed by atoms with Gasteiger partial charge in [0, 0.05) is 20.2 Å². The van der Waals surface area contributed by atoms with E-state index in [1.165, 1.54) is 14.1 Å². The summed E-state index contributed by atoms with van der Waals surface area (Å²) < 4.78 is 43.7. The van der Waals surface area contributed by atoms with E-state index in [4.69, 9.17) is 21.5 Å². The average Bonchev–Trinajstić information content (AvgIpc) is 2.71. The van der Waals surface area contributed by atoms with Crippen LogP contribution in [0.1, 0.15) is 15.9 Å². The van der Waals surface area contributed by atoms with Crippen molar-refractivity contribution in [1.29, 1.82) is 0 Å². The molecule has 0 saturated heterocycles. The standard InChI is InChI=1S/C19H13ClF3N3O6/c1-25(2)18(28)14(24-29)9-16(27)12-8-11(4-5-15(12)26(30)31)32-17-6-3-10(7-13(17)20)19(21,22)23/h3-8,29H,1-2H3. The number of Topliss-reactive ketones (excluding diaryl/α,β-unsaturated/α-hetero) is 1. The van der Waals surface area contributed by atoms with Gasteiger partial charge in [-0.3, -0.25) is 19.7 Å². The zero-order chi connectivity index (χ0) is 24.2. The molecule has 0 saturated carbocycles. The molecular weight excluding hydrogens is 459 g/mol. The second-order valence-corrected chi connectivity index (χ2v) is 6.69. The molecule has 0 bridgehead atoms. The van der Waals surface area contributed by atoms with E-state index in [2.05, 4.69) is 5.16 Å². The van der Waals surface area contributed by atoms with Gasteiger partial charge in [-0.25, -0.2) is 0 Å². The monoisotopic (exact) mass is 471 g/mol. The molecule has 0 unspecified atom stereocenters. The molecule has 2 aromatic carbocycles. The van der Waals surface area contributed by atoms with Crippen LogP contribution < -0.4 is 4.74 Å². The Morgan fingerprint density at radius 3 is 2.38 bits per heavy atom. The highest BCUT2D eigenvalue weighted by Gasteiger charge is 2.31. The third-order valence-corrected chi connectivity index (χ3v) is 4.13. The van der Waals surface area contributed by atoms with Gasteiger partial charge >= 0.3 is 6.18 Å². The zero-order valence-electron chi connectivity index (χ0n) is 16.3. The molecule has 0 aliphatic heterocycles. The number of hydrogen-bond donors (Lipinski definition) is 1. The van der Waals surface area contributed by atoms with Crippen LogP contribution >= 0.6 is 11.6 Å². The Balaban J connectivity index is 2.39. The van der Waals surface area contributed by atoms with Gasteiger partial charge in [0.1, 0.15) is 23.5 Å². The van der Waals surface area contributed by atoms with Gasteiger partial charge in [0.25, 0.3) is 11.6 Å². The topological polar surface area (TPSA) is 122 Å². The summed E-state index contributed by atoms with van der Waals surface area (Å²) >= 11 is 5.82. The molecule has 2 rings (SSSR count). The number of hydrogen-bond acceptors (Lipinski definition) is 7. The number of nitro benzene ring substituents is 1. The Kier molecular flexibility index (Phi) is 7.41. The Bertz CT molecular complexity index is 1100. The highest BCUT2D eigenvalue weighted by molar-refractivity contribution is 6.47. The van der Waals surface area contributed by atoms with Gasteiger partial charge in [0.05, 0.1) is 15.5 Å². The number of oxime groups is 1. The number of ether oxygens (including phenoxy) is 1. The van der Waals surface area contributed by atoms with Gasteiger partial charge in [0.2, 0.25) is 0 Å². The number of amides is 1. The van der Waals surface area contributed by atoms with Gasteiger partial charge in [-0.2, -0.15) is 13.2 Å². The van der Waals surface area contributed by atoms with Crippen LogP contribution in [-0.2, 0) is 11.0 Å². The normalized spacial score (nSPS) is 11.8. The number of carbonyl (C=O) groups excluding carboxylic acids is 2. The number of benzene rings is 2. The fraction of sp³-hybridized carbons (Fsp3) is 0.158. The molecule has 0 heterocycles. The number of nitro groups is 1. The average molecular weight is 472 g/mol. The summed E-state index contributed by atoms with van der Waals surface area (Å²) in [5.41, 5.74) is -3.07. The Hall–Kier alpha value is -3.67. The minimum Gasteiger partial charge on any atom is -0.456 e. The minimum atomic E-state index is -4.63. The van der Waals surface area contributed by atoms with Crippen LogP contribution in [0, 0.1) is 16.5 Å². The molecule has 32 heavy (non-hydrogen) atoms. The van der Waals surface area contributed by atoms with E-state index >= 15 is 0 Å². The summed E-state index contributed by atoms with van der Waals surface area (Å²) in [5, 5.41) is 22.5. The van der Waals surface area contributed by atoms with Crippen LogP contribution in [0.3, 0.4) is 0 Å². The molecule has 0 aliphatic rings. The van der Waals surface area contributed by atoms with E-state index in [1.807, 2.05) is 6.42 Å². The van der Waals surface area contributed by atoms with Crippen LogP contribution in [0.4, 0.5) is 18.9 Å². The lowest BCUT2D eigenvalue weighted by Gasteiger charge is -2.12. The summed E-state index contributed by atoms with van der Waals surface area (Å²) in [6.45, 7) is 0. The number of halogens is 4. The maximum Gasteiger partial charge on any atom is 0.416 e. The van der Waals surface area contributed by atoms with E-state index in [0.717, 1.165) is 35.2 Å². The van der Waals surface area contributed by atoms with E-state index in [0.29, 0.717) is 6.07 Å². The summed E-state index contributed by atoms with van der Waals surface area (Å²) in [6.07, 6.45) is -2.68. The van der Waals surface area contributed by atoms with Crippen molar-refractivity contribution in [3.8, 4) is 11.5 Å². The molecule has 1 amide bonds. The molecule has 168 valence electrons. The van der Waals surface area contributed by atoms with Crippen LogP contribution in [0.15, 0.2) is 41.6 Å². The highest BCUT2D eigenvalue weighted by atomic mass is 35.5.